The maximum absolute atomic E-state index is 13.6. The highest BCUT2D eigenvalue weighted by Crippen LogP contribution is 2.26. The lowest BCUT2D eigenvalue weighted by Crippen LogP contribution is -2.48. The predicted octanol–water partition coefficient (Wildman–Crippen LogP) is 1.84. The number of nitrogens with zero attached hydrogens (tertiary/aromatic N) is 1. The number of carboxylic acids is 1. The molecule has 0 aliphatic carbocycles. The van der Waals surface area contributed by atoms with E-state index in [0.717, 1.165) is 12.1 Å². The van der Waals surface area contributed by atoms with Gasteiger partial charge in [-0.05, 0) is 32.9 Å². The van der Waals surface area contributed by atoms with E-state index < -0.39 is 44.6 Å². The first-order valence-corrected chi connectivity index (χ1v) is 7.10. The van der Waals surface area contributed by atoms with Crippen molar-refractivity contribution in [3.63, 3.8) is 0 Å². The van der Waals surface area contributed by atoms with E-state index in [4.69, 9.17) is 5.11 Å². The average molecular weight is 307 g/mol. The number of sulfonamides is 1. The molecule has 0 unspecified atom stereocenters. The van der Waals surface area contributed by atoms with Crippen LogP contribution in [0.3, 0.4) is 0 Å². The summed E-state index contributed by atoms with van der Waals surface area (Å²) in [5.41, 5.74) is -1.07. The molecule has 0 aliphatic heterocycles. The summed E-state index contributed by atoms with van der Waals surface area (Å²) in [5.74, 6) is -3.54. The van der Waals surface area contributed by atoms with Crippen molar-refractivity contribution in [3.05, 3.63) is 29.8 Å². The van der Waals surface area contributed by atoms with Crippen molar-refractivity contribution < 1.29 is 27.1 Å². The number of benzene rings is 1. The maximum Gasteiger partial charge on any atom is 0.318 e. The lowest BCUT2D eigenvalue weighted by atomic mass is 10.1. The Morgan fingerprint density at radius 1 is 1.30 bits per heavy atom. The van der Waals surface area contributed by atoms with E-state index in [1.165, 1.54) is 20.8 Å². The number of hydrogen-bond donors (Lipinski definition) is 1. The largest absolute Gasteiger partial charge is 0.480 e. The van der Waals surface area contributed by atoms with E-state index in [2.05, 4.69) is 0 Å². The van der Waals surface area contributed by atoms with Crippen LogP contribution in [0.4, 0.5) is 8.78 Å². The van der Waals surface area contributed by atoms with Crippen molar-refractivity contribution in [2.24, 2.45) is 0 Å². The van der Waals surface area contributed by atoms with Gasteiger partial charge in [0.15, 0.2) is 0 Å². The third-order valence-corrected chi connectivity index (χ3v) is 4.63. The van der Waals surface area contributed by atoms with Crippen LogP contribution >= 0.6 is 0 Å². The molecule has 0 amide bonds. The van der Waals surface area contributed by atoms with Gasteiger partial charge in [-0.2, -0.15) is 4.31 Å². The topological polar surface area (TPSA) is 74.7 Å². The Bertz CT molecular complexity index is 623. The molecule has 0 heterocycles. The van der Waals surface area contributed by atoms with Crippen molar-refractivity contribution in [1.29, 1.82) is 0 Å². The van der Waals surface area contributed by atoms with Crippen molar-refractivity contribution in [2.45, 2.75) is 31.2 Å². The van der Waals surface area contributed by atoms with Gasteiger partial charge in [0.1, 0.15) is 23.1 Å². The second-order valence-corrected chi connectivity index (χ2v) is 6.98. The first-order chi connectivity index (χ1) is 8.96. The molecular weight excluding hydrogens is 292 g/mol. The number of rotatable bonds is 4. The Labute approximate surface area is 115 Å². The molecule has 8 heteroatoms. The highest BCUT2D eigenvalue weighted by molar-refractivity contribution is 7.89. The Kier molecular flexibility index (Phi) is 4.50. The zero-order valence-electron chi connectivity index (χ0n) is 11.2. The van der Waals surface area contributed by atoms with E-state index in [1.807, 2.05) is 0 Å². The van der Waals surface area contributed by atoms with Gasteiger partial charge in [-0.15, -0.1) is 0 Å². The second-order valence-electron chi connectivity index (χ2n) is 5.15. The molecule has 0 saturated carbocycles. The summed E-state index contributed by atoms with van der Waals surface area (Å²) in [6.45, 7) is 3.63. The molecule has 0 aromatic heterocycles. The van der Waals surface area contributed by atoms with Gasteiger partial charge in [-0.3, -0.25) is 4.79 Å². The van der Waals surface area contributed by atoms with E-state index in [9.17, 15) is 22.0 Å². The molecule has 0 atom stereocenters. The zero-order chi connectivity index (χ0) is 15.7. The molecule has 20 heavy (non-hydrogen) atoms. The molecule has 5 nitrogen and oxygen atoms in total. The third kappa shape index (κ3) is 3.51. The van der Waals surface area contributed by atoms with Crippen molar-refractivity contribution in [1.82, 2.24) is 4.31 Å². The van der Waals surface area contributed by atoms with E-state index in [0.29, 0.717) is 10.4 Å². The van der Waals surface area contributed by atoms with Gasteiger partial charge in [0.25, 0.3) is 0 Å². The van der Waals surface area contributed by atoms with Crippen LogP contribution in [0.2, 0.25) is 0 Å². The average Bonchev–Trinajstić information content (AvgIpc) is 2.23. The number of carbonyl (C=O) groups is 1. The standard InChI is InChI=1S/C12H15F2NO4S/c1-12(2,3)15(7-11(16)17)20(18,19)10-5-4-8(13)6-9(10)14/h4-6H,7H2,1-3H3,(H,16,17). The third-order valence-electron chi connectivity index (χ3n) is 2.49. The number of carboxylic acid groups (broad SMARTS) is 1. The van der Waals surface area contributed by atoms with Gasteiger partial charge in [-0.25, -0.2) is 17.2 Å². The minimum Gasteiger partial charge on any atom is -0.480 e. The fourth-order valence-electron chi connectivity index (χ4n) is 1.61. The molecule has 0 fully saturated rings. The molecule has 0 spiro atoms. The van der Waals surface area contributed by atoms with Gasteiger partial charge in [0, 0.05) is 11.6 Å². The van der Waals surface area contributed by atoms with Gasteiger partial charge >= 0.3 is 5.97 Å². The van der Waals surface area contributed by atoms with Crippen LogP contribution in [0.25, 0.3) is 0 Å². The molecule has 0 bridgehead atoms. The summed E-state index contributed by atoms with van der Waals surface area (Å²) in [5, 5.41) is 8.81. The van der Waals surface area contributed by atoms with Crippen LogP contribution in [0, 0.1) is 11.6 Å². The van der Waals surface area contributed by atoms with Crippen molar-refractivity contribution in [3.8, 4) is 0 Å². The van der Waals surface area contributed by atoms with Crippen molar-refractivity contribution >= 4 is 16.0 Å². The molecule has 1 rings (SSSR count). The molecule has 0 radical (unpaired) electrons. The monoisotopic (exact) mass is 307 g/mol. The SMILES string of the molecule is CC(C)(C)N(CC(=O)O)S(=O)(=O)c1ccc(F)cc1F. The van der Waals surface area contributed by atoms with Crippen LogP contribution in [0.1, 0.15) is 20.8 Å². The fourth-order valence-corrected chi connectivity index (χ4v) is 3.39. The Morgan fingerprint density at radius 2 is 1.85 bits per heavy atom. The van der Waals surface area contributed by atoms with E-state index >= 15 is 0 Å². The minimum atomic E-state index is -4.39. The van der Waals surface area contributed by atoms with Crippen molar-refractivity contribution in [2.75, 3.05) is 6.54 Å². The Hall–Kier alpha value is -1.54. The van der Waals surface area contributed by atoms with Crippen LogP contribution in [0.5, 0.6) is 0 Å². The van der Waals surface area contributed by atoms with Gasteiger partial charge < -0.3 is 5.11 Å². The highest BCUT2D eigenvalue weighted by atomic mass is 32.2. The van der Waals surface area contributed by atoms with Crippen LogP contribution < -0.4 is 0 Å². The molecule has 1 aromatic carbocycles. The summed E-state index contributed by atoms with van der Waals surface area (Å²) in [6.07, 6.45) is 0. The lowest BCUT2D eigenvalue weighted by Gasteiger charge is -2.33. The maximum atomic E-state index is 13.6. The predicted molar refractivity (Wildman–Crippen MR) is 67.6 cm³/mol. The number of aliphatic carboxylic acids is 1. The Balaban J connectivity index is 3.40. The minimum absolute atomic E-state index is 0.439. The van der Waals surface area contributed by atoms with Gasteiger partial charge in [0.05, 0.1) is 0 Å². The molecule has 0 aliphatic rings. The second kappa shape index (κ2) is 5.45. The number of halogens is 2. The smallest absolute Gasteiger partial charge is 0.318 e. The molecule has 1 N–H and O–H groups in total. The highest BCUT2D eigenvalue weighted by Gasteiger charge is 2.37. The quantitative estimate of drug-likeness (QED) is 0.921. The van der Waals surface area contributed by atoms with E-state index in [-0.39, 0.29) is 0 Å². The normalized spacial score (nSPS) is 12.7. The fraction of sp³-hybridized carbons (Fsp3) is 0.417. The van der Waals surface area contributed by atoms with Crippen LogP contribution in [0.15, 0.2) is 23.1 Å². The summed E-state index contributed by atoms with van der Waals surface area (Å²) in [6, 6.07) is 2.02. The first-order valence-electron chi connectivity index (χ1n) is 5.66. The summed E-state index contributed by atoms with van der Waals surface area (Å²) in [7, 11) is -4.39. The molecule has 1 aromatic rings. The van der Waals surface area contributed by atoms with Crippen LogP contribution in [-0.4, -0.2) is 35.9 Å². The summed E-state index contributed by atoms with van der Waals surface area (Å²) < 4.78 is 51.8. The Morgan fingerprint density at radius 3 is 2.25 bits per heavy atom. The molecular formula is C12H15F2NO4S. The first kappa shape index (κ1) is 16.5. The zero-order valence-corrected chi connectivity index (χ0v) is 12.0. The van der Waals surface area contributed by atoms with Gasteiger partial charge in [0.2, 0.25) is 10.0 Å². The number of hydrogen-bond acceptors (Lipinski definition) is 3. The van der Waals surface area contributed by atoms with Gasteiger partial charge in [-0.1, -0.05) is 0 Å². The molecule has 112 valence electrons. The van der Waals surface area contributed by atoms with Crippen LogP contribution in [-0.2, 0) is 14.8 Å². The van der Waals surface area contributed by atoms with E-state index in [1.54, 1.807) is 0 Å². The summed E-state index contributed by atoms with van der Waals surface area (Å²) in [4.78, 5) is 10.1. The molecule has 0 saturated heterocycles. The summed E-state index contributed by atoms with van der Waals surface area (Å²) >= 11 is 0. The lowest BCUT2D eigenvalue weighted by molar-refractivity contribution is -0.138.